The highest BCUT2D eigenvalue weighted by Crippen LogP contribution is 2.25. The fraction of sp³-hybridized carbons (Fsp3) is 0.222. The van der Waals surface area contributed by atoms with Gasteiger partial charge in [-0.05, 0) is 17.7 Å². The second-order valence-corrected chi connectivity index (χ2v) is 2.95. The van der Waals surface area contributed by atoms with Crippen LogP contribution in [0.25, 0.3) is 0 Å². The monoisotopic (exact) mass is 220 g/mol. The lowest BCUT2D eigenvalue weighted by molar-refractivity contribution is -0.127. The second kappa shape index (κ2) is 3.80. The first-order valence-corrected chi connectivity index (χ1v) is 3.91. The van der Waals surface area contributed by atoms with Crippen LogP contribution in [-0.2, 0) is 6.42 Å². The molecule has 0 aliphatic heterocycles. The Labute approximate surface area is 82.8 Å². The number of carboxylic acids is 1. The molecule has 1 aromatic rings. The summed E-state index contributed by atoms with van der Waals surface area (Å²) in [6.45, 7) is 0. The van der Waals surface area contributed by atoms with Gasteiger partial charge in [-0.3, -0.25) is 0 Å². The molecule has 0 bridgehead atoms. The molecule has 6 heteroatoms. The molecule has 0 aliphatic carbocycles. The summed E-state index contributed by atoms with van der Waals surface area (Å²) >= 11 is 0. The Morgan fingerprint density at radius 1 is 1.33 bits per heavy atom. The molecule has 82 valence electrons. The van der Waals surface area contributed by atoms with E-state index in [9.17, 15) is 18.0 Å². The lowest BCUT2D eigenvalue weighted by Gasteiger charge is -2.07. The van der Waals surface area contributed by atoms with Gasteiger partial charge in [-0.15, -0.1) is 0 Å². The number of alkyl halides is 3. The second-order valence-electron chi connectivity index (χ2n) is 2.95. The summed E-state index contributed by atoms with van der Waals surface area (Å²) in [6.07, 6.45) is -5.61. The molecular formula is C9H7F3O3. The Balaban J connectivity index is 3.03. The molecule has 3 nitrogen and oxygen atoms in total. The third kappa shape index (κ3) is 3.16. The van der Waals surface area contributed by atoms with Crippen molar-refractivity contribution in [2.24, 2.45) is 0 Å². The van der Waals surface area contributed by atoms with E-state index < -0.39 is 29.9 Å². The van der Waals surface area contributed by atoms with Crippen molar-refractivity contribution in [3.05, 3.63) is 29.3 Å². The van der Waals surface area contributed by atoms with Crippen molar-refractivity contribution < 1.29 is 28.2 Å². The maximum absolute atomic E-state index is 12.0. The van der Waals surface area contributed by atoms with Crippen LogP contribution in [0.1, 0.15) is 15.9 Å². The van der Waals surface area contributed by atoms with E-state index in [0.29, 0.717) is 0 Å². The van der Waals surface area contributed by atoms with Crippen molar-refractivity contribution in [2.45, 2.75) is 12.6 Å². The van der Waals surface area contributed by atoms with Gasteiger partial charge in [0.25, 0.3) is 0 Å². The molecule has 0 fully saturated rings. The normalized spacial score (nSPS) is 11.4. The average Bonchev–Trinajstić information content (AvgIpc) is 2.05. The molecule has 0 unspecified atom stereocenters. The molecule has 0 saturated heterocycles. The molecule has 1 rings (SSSR count). The highest BCUT2D eigenvalue weighted by molar-refractivity contribution is 5.90. The van der Waals surface area contributed by atoms with Crippen LogP contribution in [0.2, 0.25) is 0 Å². The minimum Gasteiger partial charge on any atom is -0.507 e. The smallest absolute Gasteiger partial charge is 0.393 e. The van der Waals surface area contributed by atoms with Gasteiger partial charge in [0.1, 0.15) is 11.3 Å². The number of aromatic hydroxyl groups is 1. The number of hydrogen-bond donors (Lipinski definition) is 2. The largest absolute Gasteiger partial charge is 0.507 e. The van der Waals surface area contributed by atoms with Crippen LogP contribution in [0, 0.1) is 0 Å². The summed E-state index contributed by atoms with van der Waals surface area (Å²) in [6, 6.07) is 2.78. The van der Waals surface area contributed by atoms with E-state index in [1.807, 2.05) is 0 Å². The minimum atomic E-state index is -4.40. The van der Waals surface area contributed by atoms with Gasteiger partial charge in [-0.2, -0.15) is 13.2 Å². The molecule has 2 N–H and O–H groups in total. The van der Waals surface area contributed by atoms with Crippen LogP contribution in [0.3, 0.4) is 0 Å². The number of carboxylic acid groups (broad SMARTS) is 1. The van der Waals surface area contributed by atoms with E-state index in [-0.39, 0.29) is 5.56 Å². The average molecular weight is 220 g/mol. The SMILES string of the molecule is O=C(O)c1cc(CC(F)(F)F)ccc1O. The predicted molar refractivity (Wildman–Crippen MR) is 44.8 cm³/mol. The molecule has 0 amide bonds. The summed E-state index contributed by atoms with van der Waals surface area (Å²) in [5.74, 6) is -2.01. The van der Waals surface area contributed by atoms with Crippen molar-refractivity contribution in [3.8, 4) is 5.75 Å². The summed E-state index contributed by atoms with van der Waals surface area (Å²) < 4.78 is 35.9. The molecule has 0 aromatic heterocycles. The van der Waals surface area contributed by atoms with E-state index in [1.165, 1.54) is 0 Å². The minimum absolute atomic E-state index is 0.197. The van der Waals surface area contributed by atoms with E-state index in [2.05, 4.69) is 0 Å². The number of rotatable bonds is 2. The number of aromatic carboxylic acids is 1. The van der Waals surface area contributed by atoms with Gasteiger partial charge >= 0.3 is 12.1 Å². The lowest BCUT2D eigenvalue weighted by Crippen LogP contribution is -2.12. The summed E-state index contributed by atoms with van der Waals surface area (Å²) in [7, 11) is 0. The Bertz CT molecular complexity index is 385. The molecular weight excluding hydrogens is 213 g/mol. The van der Waals surface area contributed by atoms with Gasteiger partial charge in [-0.1, -0.05) is 6.07 Å². The molecule has 0 spiro atoms. The molecule has 0 saturated carbocycles. The van der Waals surface area contributed by atoms with Gasteiger partial charge in [0.05, 0.1) is 6.42 Å². The van der Waals surface area contributed by atoms with Crippen molar-refractivity contribution in [1.29, 1.82) is 0 Å². The maximum atomic E-state index is 12.0. The lowest BCUT2D eigenvalue weighted by atomic mass is 10.1. The number of carbonyl (C=O) groups is 1. The van der Waals surface area contributed by atoms with E-state index in [1.54, 1.807) is 0 Å². The number of hydrogen-bond acceptors (Lipinski definition) is 2. The van der Waals surface area contributed by atoms with E-state index in [0.717, 1.165) is 18.2 Å². The first-order valence-electron chi connectivity index (χ1n) is 3.91. The third-order valence-electron chi connectivity index (χ3n) is 1.70. The summed E-state index contributed by atoms with van der Waals surface area (Å²) in [5.41, 5.74) is -0.727. The molecule has 0 radical (unpaired) electrons. The fourth-order valence-electron chi connectivity index (χ4n) is 1.10. The van der Waals surface area contributed by atoms with Crippen LogP contribution in [-0.4, -0.2) is 22.4 Å². The van der Waals surface area contributed by atoms with Gasteiger partial charge in [0.2, 0.25) is 0 Å². The summed E-state index contributed by atoms with van der Waals surface area (Å²) in [4.78, 5) is 10.5. The Morgan fingerprint density at radius 2 is 1.93 bits per heavy atom. The van der Waals surface area contributed by atoms with Gasteiger partial charge in [0.15, 0.2) is 0 Å². The van der Waals surface area contributed by atoms with Crippen molar-refractivity contribution in [2.75, 3.05) is 0 Å². The van der Waals surface area contributed by atoms with E-state index in [4.69, 9.17) is 10.2 Å². The first-order chi connectivity index (χ1) is 6.79. The maximum Gasteiger partial charge on any atom is 0.393 e. The number of phenols is 1. The van der Waals surface area contributed by atoms with Crippen LogP contribution in [0.15, 0.2) is 18.2 Å². The number of halogens is 3. The molecule has 0 atom stereocenters. The zero-order chi connectivity index (χ0) is 11.6. The highest BCUT2D eigenvalue weighted by Gasteiger charge is 2.28. The Morgan fingerprint density at radius 3 is 2.40 bits per heavy atom. The first kappa shape index (κ1) is 11.4. The quantitative estimate of drug-likeness (QED) is 0.803. The zero-order valence-electron chi connectivity index (χ0n) is 7.38. The topological polar surface area (TPSA) is 57.5 Å². The van der Waals surface area contributed by atoms with Crippen LogP contribution in [0.4, 0.5) is 13.2 Å². The molecule has 0 aliphatic rings. The predicted octanol–water partition coefficient (Wildman–Crippen LogP) is 2.20. The molecule has 0 heterocycles. The third-order valence-corrected chi connectivity index (χ3v) is 1.70. The van der Waals surface area contributed by atoms with Gasteiger partial charge < -0.3 is 10.2 Å². The molecule has 15 heavy (non-hydrogen) atoms. The molecule has 1 aromatic carbocycles. The van der Waals surface area contributed by atoms with Gasteiger partial charge in [0, 0.05) is 0 Å². The van der Waals surface area contributed by atoms with Crippen LogP contribution in [0.5, 0.6) is 5.75 Å². The van der Waals surface area contributed by atoms with Crippen molar-refractivity contribution in [1.82, 2.24) is 0 Å². The summed E-state index contributed by atoms with van der Waals surface area (Å²) in [5, 5.41) is 17.6. The van der Waals surface area contributed by atoms with Crippen molar-refractivity contribution >= 4 is 5.97 Å². The van der Waals surface area contributed by atoms with E-state index >= 15 is 0 Å². The van der Waals surface area contributed by atoms with Gasteiger partial charge in [-0.25, -0.2) is 4.79 Å². The standard InChI is InChI=1S/C9H7F3O3/c10-9(11,12)4-5-1-2-7(13)6(3-5)8(14)15/h1-3,13H,4H2,(H,14,15). The Hall–Kier alpha value is -1.72. The van der Waals surface area contributed by atoms with Crippen LogP contribution < -0.4 is 0 Å². The van der Waals surface area contributed by atoms with Crippen molar-refractivity contribution in [3.63, 3.8) is 0 Å². The zero-order valence-corrected chi connectivity index (χ0v) is 7.38. The Kier molecular flexibility index (Phi) is 2.88. The highest BCUT2D eigenvalue weighted by atomic mass is 19.4. The fourth-order valence-corrected chi connectivity index (χ4v) is 1.10. The van der Waals surface area contributed by atoms with Crippen LogP contribution >= 0.6 is 0 Å². The number of benzene rings is 1.